The maximum Gasteiger partial charge on any atom is 0.328 e. The molecule has 2 aromatic heterocycles. The summed E-state index contributed by atoms with van der Waals surface area (Å²) in [6.07, 6.45) is 9.65. The monoisotopic (exact) mass is 352 g/mol. The molecule has 112 valence electrons. The molecule has 2 heterocycles. The summed E-state index contributed by atoms with van der Waals surface area (Å²) >= 11 is 3.13. The maximum absolute atomic E-state index is 11.8. The zero-order valence-corrected chi connectivity index (χ0v) is 13.2. The van der Waals surface area contributed by atoms with E-state index in [2.05, 4.69) is 26.0 Å². The summed E-state index contributed by atoms with van der Waals surface area (Å²) in [4.78, 5) is 25.3. The lowest BCUT2D eigenvalue weighted by Gasteiger charge is -2.21. The molecule has 0 aliphatic heterocycles. The molecule has 1 aliphatic carbocycles. The van der Waals surface area contributed by atoms with E-state index < -0.39 is 11.2 Å². The second kappa shape index (κ2) is 6.01. The lowest BCUT2D eigenvalue weighted by atomic mass is 9.96. The molecular formula is C14H17BrN4O2. The molecule has 0 radical (unpaired) electrons. The van der Waals surface area contributed by atoms with Crippen LogP contribution >= 0.6 is 15.9 Å². The van der Waals surface area contributed by atoms with Gasteiger partial charge in [-0.15, -0.1) is 0 Å². The minimum absolute atomic E-state index is 0.341. The highest BCUT2D eigenvalue weighted by atomic mass is 79.9. The van der Waals surface area contributed by atoms with Gasteiger partial charge in [0.1, 0.15) is 0 Å². The topological polar surface area (TPSA) is 72.7 Å². The van der Waals surface area contributed by atoms with Crippen molar-refractivity contribution >= 4 is 15.9 Å². The van der Waals surface area contributed by atoms with Crippen LogP contribution in [0.3, 0.4) is 0 Å². The molecule has 0 unspecified atom stereocenters. The van der Waals surface area contributed by atoms with E-state index in [0.717, 1.165) is 5.69 Å². The molecule has 1 N–H and O–H groups in total. The van der Waals surface area contributed by atoms with E-state index in [1.807, 2.05) is 16.9 Å². The summed E-state index contributed by atoms with van der Waals surface area (Å²) in [7, 11) is 0. The zero-order valence-electron chi connectivity index (χ0n) is 11.6. The van der Waals surface area contributed by atoms with Gasteiger partial charge in [-0.25, -0.2) is 4.79 Å². The minimum Gasteiger partial charge on any atom is -0.293 e. The first-order valence-electron chi connectivity index (χ1n) is 7.17. The van der Waals surface area contributed by atoms with Crippen molar-refractivity contribution in [2.45, 2.75) is 44.7 Å². The lowest BCUT2D eigenvalue weighted by Crippen LogP contribution is -2.30. The lowest BCUT2D eigenvalue weighted by molar-refractivity contribution is 0.328. The first-order chi connectivity index (χ1) is 10.1. The number of aromatic amines is 1. The summed E-state index contributed by atoms with van der Waals surface area (Å²) in [5.74, 6) is 0. The fourth-order valence-corrected chi connectivity index (χ4v) is 3.13. The van der Waals surface area contributed by atoms with Crippen LogP contribution in [0.2, 0.25) is 0 Å². The van der Waals surface area contributed by atoms with Gasteiger partial charge >= 0.3 is 5.69 Å². The maximum atomic E-state index is 11.8. The van der Waals surface area contributed by atoms with Gasteiger partial charge in [0.15, 0.2) is 0 Å². The third kappa shape index (κ3) is 3.18. The van der Waals surface area contributed by atoms with Gasteiger partial charge in [0, 0.05) is 12.4 Å². The van der Waals surface area contributed by atoms with Gasteiger partial charge in [-0.3, -0.25) is 19.0 Å². The van der Waals surface area contributed by atoms with Crippen LogP contribution in [-0.2, 0) is 6.54 Å². The van der Waals surface area contributed by atoms with E-state index in [4.69, 9.17) is 0 Å². The van der Waals surface area contributed by atoms with Crippen LogP contribution in [0.4, 0.5) is 0 Å². The molecule has 0 amide bonds. The Kier molecular flexibility index (Phi) is 4.10. The van der Waals surface area contributed by atoms with Gasteiger partial charge < -0.3 is 0 Å². The summed E-state index contributed by atoms with van der Waals surface area (Å²) in [6.45, 7) is 0.355. The highest BCUT2D eigenvalue weighted by Crippen LogP contribution is 2.27. The molecule has 1 fully saturated rings. The fourth-order valence-electron chi connectivity index (χ4n) is 2.79. The molecule has 7 heteroatoms. The highest BCUT2D eigenvalue weighted by Gasteiger charge is 2.16. The average Bonchev–Trinajstić information content (AvgIpc) is 2.94. The van der Waals surface area contributed by atoms with Crippen molar-refractivity contribution in [2.24, 2.45) is 0 Å². The van der Waals surface area contributed by atoms with E-state index in [0.29, 0.717) is 17.1 Å². The molecule has 1 aliphatic rings. The number of nitrogens with zero attached hydrogens (tertiary/aromatic N) is 3. The Morgan fingerprint density at radius 1 is 1.29 bits per heavy atom. The molecular weight excluding hydrogens is 336 g/mol. The largest absolute Gasteiger partial charge is 0.328 e. The van der Waals surface area contributed by atoms with E-state index >= 15 is 0 Å². The minimum atomic E-state index is -0.421. The Labute approximate surface area is 129 Å². The average molecular weight is 353 g/mol. The van der Waals surface area contributed by atoms with Gasteiger partial charge in [-0.2, -0.15) is 5.10 Å². The highest BCUT2D eigenvalue weighted by molar-refractivity contribution is 9.10. The van der Waals surface area contributed by atoms with Crippen molar-refractivity contribution in [1.82, 2.24) is 19.3 Å². The molecule has 0 atom stereocenters. The Balaban J connectivity index is 1.79. The van der Waals surface area contributed by atoms with Gasteiger partial charge in [-0.05, 0) is 34.8 Å². The summed E-state index contributed by atoms with van der Waals surface area (Å²) in [5.41, 5.74) is -0.0129. The van der Waals surface area contributed by atoms with Crippen molar-refractivity contribution < 1.29 is 0 Å². The second-order valence-corrected chi connectivity index (χ2v) is 6.30. The third-order valence-corrected chi connectivity index (χ3v) is 4.48. The van der Waals surface area contributed by atoms with Crippen LogP contribution in [0, 0.1) is 0 Å². The van der Waals surface area contributed by atoms with Gasteiger partial charge in [0.2, 0.25) is 0 Å². The van der Waals surface area contributed by atoms with Crippen LogP contribution in [0.1, 0.15) is 43.8 Å². The predicted octanol–water partition coefficient (Wildman–Crippen LogP) is 2.05. The van der Waals surface area contributed by atoms with Crippen LogP contribution in [-0.4, -0.2) is 19.3 Å². The molecule has 2 aromatic rings. The van der Waals surface area contributed by atoms with E-state index in [1.54, 1.807) is 0 Å². The summed E-state index contributed by atoms with van der Waals surface area (Å²) in [6, 6.07) is 2.41. The number of hydrogen-bond donors (Lipinski definition) is 1. The molecule has 0 saturated heterocycles. The number of aromatic nitrogens is 4. The molecule has 3 rings (SSSR count). The van der Waals surface area contributed by atoms with Crippen LogP contribution in [0.25, 0.3) is 0 Å². The van der Waals surface area contributed by atoms with Crippen molar-refractivity contribution in [3.63, 3.8) is 0 Å². The first-order valence-corrected chi connectivity index (χ1v) is 7.96. The number of H-pyrrole nitrogens is 1. The third-order valence-electron chi connectivity index (χ3n) is 3.91. The normalized spacial score (nSPS) is 16.2. The molecule has 1 saturated carbocycles. The molecule has 0 aromatic carbocycles. The number of halogens is 1. The predicted molar refractivity (Wildman–Crippen MR) is 82.5 cm³/mol. The van der Waals surface area contributed by atoms with Gasteiger partial charge in [-0.1, -0.05) is 19.3 Å². The Morgan fingerprint density at radius 3 is 2.81 bits per heavy atom. The second-order valence-electron chi connectivity index (χ2n) is 5.44. The number of rotatable bonds is 3. The van der Waals surface area contributed by atoms with Crippen molar-refractivity contribution in [2.75, 3.05) is 0 Å². The smallest absolute Gasteiger partial charge is 0.293 e. The fraction of sp³-hybridized carbons (Fsp3) is 0.500. The van der Waals surface area contributed by atoms with Gasteiger partial charge in [0.05, 0.1) is 22.8 Å². The Morgan fingerprint density at radius 2 is 2.05 bits per heavy atom. The molecule has 0 spiro atoms. The van der Waals surface area contributed by atoms with E-state index in [-0.39, 0.29) is 0 Å². The molecule has 6 nitrogen and oxygen atoms in total. The first kappa shape index (κ1) is 14.3. The SMILES string of the molecule is O=c1[nH]c(=O)n(Cc2ccn(C3CCCCC3)n2)cc1Br. The quantitative estimate of drug-likeness (QED) is 0.918. The van der Waals surface area contributed by atoms with Crippen LogP contribution in [0.15, 0.2) is 32.5 Å². The van der Waals surface area contributed by atoms with E-state index in [9.17, 15) is 9.59 Å². The van der Waals surface area contributed by atoms with Crippen molar-refractivity contribution in [3.8, 4) is 0 Å². The standard InChI is InChI=1S/C14H17BrN4O2/c15-12-9-18(14(21)16-13(12)20)8-10-6-7-19(17-10)11-4-2-1-3-5-11/h6-7,9,11H,1-5,8H2,(H,16,20,21). The number of hydrogen-bond acceptors (Lipinski definition) is 3. The van der Waals surface area contributed by atoms with Crippen molar-refractivity contribution in [3.05, 3.63) is 49.5 Å². The van der Waals surface area contributed by atoms with Gasteiger partial charge in [0.25, 0.3) is 5.56 Å². The number of nitrogens with one attached hydrogen (secondary N) is 1. The van der Waals surface area contributed by atoms with E-state index in [1.165, 1.54) is 42.9 Å². The Hall–Kier alpha value is -1.63. The van der Waals surface area contributed by atoms with Crippen LogP contribution < -0.4 is 11.2 Å². The van der Waals surface area contributed by atoms with Crippen LogP contribution in [0.5, 0.6) is 0 Å². The van der Waals surface area contributed by atoms with Crippen molar-refractivity contribution in [1.29, 1.82) is 0 Å². The summed E-state index contributed by atoms with van der Waals surface area (Å²) in [5, 5.41) is 4.57. The molecule has 0 bridgehead atoms. The summed E-state index contributed by atoms with van der Waals surface area (Å²) < 4.78 is 3.80. The zero-order chi connectivity index (χ0) is 14.8. The Bertz CT molecular complexity index is 740. The molecule has 21 heavy (non-hydrogen) atoms.